The zero-order valence-corrected chi connectivity index (χ0v) is 54.1. The van der Waals surface area contributed by atoms with Crippen LogP contribution in [0, 0.1) is 7.43 Å². The van der Waals surface area contributed by atoms with Crippen LogP contribution in [0.2, 0.25) is 15.5 Å². The molecule has 6 aromatic heterocycles. The van der Waals surface area contributed by atoms with Crippen molar-refractivity contribution in [1.29, 1.82) is 0 Å². The number of aliphatic hydroxyl groups is 2. The average Bonchev–Trinajstić information content (AvgIpc) is 4.34. The van der Waals surface area contributed by atoms with Crippen LogP contribution >= 0.6 is 68.8 Å². The molecule has 7 aliphatic rings. The third kappa shape index (κ3) is 18.3. The number of halogens is 4. The number of nitrogens with zero attached hydrogens (tertiary/aromatic N) is 9. The van der Waals surface area contributed by atoms with Crippen molar-refractivity contribution in [2.45, 2.75) is 151 Å². The van der Waals surface area contributed by atoms with Gasteiger partial charge in [-0.25, -0.2) is 15.0 Å². The second kappa shape index (κ2) is 31.1. The van der Waals surface area contributed by atoms with Crippen LogP contribution in [0.4, 0.5) is 17.1 Å². The van der Waals surface area contributed by atoms with Gasteiger partial charge in [0, 0.05) is 79.5 Å². The molecular formula is C55H70BrCl3MgN12O7S3. The summed E-state index contributed by atoms with van der Waals surface area (Å²) in [6.45, 7) is 10.00. The van der Waals surface area contributed by atoms with Gasteiger partial charge in [0.15, 0.2) is 15.0 Å². The topological polar surface area (TPSA) is 247 Å². The van der Waals surface area contributed by atoms with Crippen LogP contribution in [0.15, 0.2) is 36.8 Å². The van der Waals surface area contributed by atoms with Crippen molar-refractivity contribution in [1.82, 2.24) is 45.5 Å². The molecule has 13 rings (SSSR count). The van der Waals surface area contributed by atoms with Gasteiger partial charge in [-0.15, -0.1) is 30.6 Å². The summed E-state index contributed by atoms with van der Waals surface area (Å²) in [5.41, 5.74) is 4.42. The van der Waals surface area contributed by atoms with Gasteiger partial charge in [0.2, 0.25) is 0 Å². The van der Waals surface area contributed by atoms with Crippen molar-refractivity contribution in [3.8, 4) is 31.7 Å². The van der Waals surface area contributed by atoms with Crippen molar-refractivity contribution in [3.05, 3.63) is 74.7 Å². The van der Waals surface area contributed by atoms with Gasteiger partial charge in [0.1, 0.15) is 36.3 Å². The number of nitrogens with one attached hydrogen (secondary N) is 3. The summed E-state index contributed by atoms with van der Waals surface area (Å²) in [6.07, 6.45) is 17.9. The molecule has 0 amide bonds. The number of rotatable bonds is 12. The van der Waals surface area contributed by atoms with Crippen LogP contribution in [0.25, 0.3) is 31.7 Å². The minimum absolute atomic E-state index is 0. The molecule has 7 fully saturated rings. The maximum atomic E-state index is 11.4. The molecule has 0 spiro atoms. The number of anilines is 3. The Balaban J connectivity index is 0.000000166. The largest absolute Gasteiger partial charge is 2.00 e. The molecule has 0 bridgehead atoms. The average molecular weight is 1320 g/mol. The third-order valence-electron chi connectivity index (χ3n) is 15.2. The number of ether oxygens (including phenoxy) is 4. The van der Waals surface area contributed by atoms with E-state index in [4.69, 9.17) is 53.8 Å². The fraction of sp³-hybridized carbons (Fsp3) is 0.582. The molecule has 4 saturated heterocycles. The summed E-state index contributed by atoms with van der Waals surface area (Å²) in [7, 11) is 0. The zero-order valence-electron chi connectivity index (χ0n) is 46.4. The Morgan fingerprint density at radius 3 is 1.09 bits per heavy atom. The first-order valence-electron chi connectivity index (χ1n) is 27.2. The minimum Gasteiger partial charge on any atom is -1.00 e. The van der Waals surface area contributed by atoms with Gasteiger partial charge >= 0.3 is 23.1 Å². The van der Waals surface area contributed by atoms with E-state index in [0.29, 0.717) is 110 Å². The summed E-state index contributed by atoms with van der Waals surface area (Å²) in [5, 5.41) is 63.8. The molecular weight excluding hydrogens is 1250 g/mol. The number of pyridine rings is 3. The molecule has 10 heterocycles. The summed E-state index contributed by atoms with van der Waals surface area (Å²) in [6, 6.07) is 6.35. The number of hydrogen-bond acceptors (Lipinski definition) is 22. The van der Waals surface area contributed by atoms with Crippen LogP contribution in [0.1, 0.15) is 137 Å². The van der Waals surface area contributed by atoms with Crippen LogP contribution in [-0.4, -0.2) is 167 Å². The standard InChI is InChI=1S/2C17H21ClN4O2S.C16H17ClN4O2S.C4H8O.CH3.BrH.Mg/c2*1-17(23)4-2-10(3-5-17)15-21-22-16(25-15)12-7-19-14(18)6-13(12)20-11-8-24-9-11;17-14-5-13(19-10-7-23-8-10)12(6-18-14)16-21-20-15(24-16)9-1-3-11(22)4-2-9;1-2-4-5-3-1;;;/h2*6-7,10-11,23H,2-5,8-9H2,1H3,(H,19,20);5-6,9-10H,1-4,7-8H2,(H,18,19);1-4H2;1H3;1H;/q;;;;-1;;+2/p-1. The second-order valence-electron chi connectivity index (χ2n) is 21.8. The number of ketones is 1. The summed E-state index contributed by atoms with van der Waals surface area (Å²) in [5.74, 6) is 1.45. The minimum atomic E-state index is -0.536. The van der Waals surface area contributed by atoms with Gasteiger partial charge in [-0.05, 0) is 109 Å². The number of carbonyl (C=O) groups excluding carboxylic acids is 1. The molecule has 19 nitrogen and oxygen atoms in total. The maximum absolute atomic E-state index is 11.4. The Kier molecular flexibility index (Phi) is 25.3. The number of carbonyl (C=O) groups is 1. The number of Topliss-reactive ketones (excluding diaryl/α,β-unsaturated/α-hetero) is 1. The van der Waals surface area contributed by atoms with E-state index >= 15 is 0 Å². The Labute approximate surface area is 532 Å². The monoisotopic (exact) mass is 1310 g/mol. The maximum Gasteiger partial charge on any atom is 2.00 e. The summed E-state index contributed by atoms with van der Waals surface area (Å²) >= 11 is 23.0. The zero-order chi connectivity index (χ0) is 54.9. The van der Waals surface area contributed by atoms with Crippen molar-refractivity contribution in [2.75, 3.05) is 68.8 Å². The van der Waals surface area contributed by atoms with E-state index in [1.165, 1.54) is 12.8 Å². The molecule has 0 aromatic carbocycles. The van der Waals surface area contributed by atoms with Crippen molar-refractivity contribution < 1.29 is 50.9 Å². The molecule has 5 N–H and O–H groups in total. The van der Waals surface area contributed by atoms with Crippen LogP contribution in [0.5, 0.6) is 0 Å². The third-order valence-corrected chi connectivity index (χ3v) is 19.1. The van der Waals surface area contributed by atoms with Gasteiger partial charge < -0.3 is 69.5 Å². The molecule has 440 valence electrons. The molecule has 0 atom stereocenters. The first-order valence-corrected chi connectivity index (χ1v) is 30.8. The van der Waals surface area contributed by atoms with Crippen LogP contribution < -0.4 is 32.9 Å². The molecule has 3 saturated carbocycles. The fourth-order valence-corrected chi connectivity index (χ4v) is 13.6. The Hall–Kier alpha value is -2.92. The van der Waals surface area contributed by atoms with Crippen molar-refractivity contribution in [3.63, 3.8) is 0 Å². The van der Waals surface area contributed by atoms with Gasteiger partial charge in [0.05, 0.1) is 85.7 Å². The molecule has 4 aliphatic heterocycles. The van der Waals surface area contributed by atoms with E-state index in [9.17, 15) is 15.0 Å². The van der Waals surface area contributed by atoms with Crippen LogP contribution in [-0.2, 0) is 23.7 Å². The summed E-state index contributed by atoms with van der Waals surface area (Å²) < 4.78 is 20.6. The quantitative estimate of drug-likeness (QED) is 0.0441. The first-order chi connectivity index (χ1) is 38.2. The van der Waals surface area contributed by atoms with E-state index in [-0.39, 0.29) is 47.5 Å². The Morgan fingerprint density at radius 1 is 0.512 bits per heavy atom. The van der Waals surface area contributed by atoms with E-state index in [1.54, 1.807) is 52.6 Å². The Morgan fingerprint density at radius 2 is 0.817 bits per heavy atom. The van der Waals surface area contributed by atoms with Gasteiger partial charge in [-0.1, -0.05) is 68.8 Å². The first kappa shape index (κ1) is 66.6. The van der Waals surface area contributed by atoms with E-state index in [0.717, 1.165) is 141 Å². The van der Waals surface area contributed by atoms with Gasteiger partial charge in [0.25, 0.3) is 0 Å². The normalized spacial score (nSPS) is 23.6. The van der Waals surface area contributed by atoms with Gasteiger partial charge in [-0.3, -0.25) is 4.79 Å². The molecule has 3 aliphatic carbocycles. The predicted molar refractivity (Wildman–Crippen MR) is 321 cm³/mol. The van der Waals surface area contributed by atoms with Crippen molar-refractivity contribution in [2.24, 2.45) is 0 Å². The summed E-state index contributed by atoms with van der Waals surface area (Å²) in [4.78, 5) is 24.0. The predicted octanol–water partition coefficient (Wildman–Crippen LogP) is 8.11. The van der Waals surface area contributed by atoms with Crippen LogP contribution in [0.3, 0.4) is 0 Å². The molecule has 6 aromatic rings. The van der Waals surface area contributed by atoms with E-state index < -0.39 is 11.2 Å². The van der Waals surface area contributed by atoms with Crippen molar-refractivity contribution >= 4 is 115 Å². The fourth-order valence-electron chi connectivity index (χ4n) is 9.97. The molecule has 82 heavy (non-hydrogen) atoms. The van der Waals surface area contributed by atoms with Gasteiger partial charge in [-0.2, -0.15) is 0 Å². The second-order valence-corrected chi connectivity index (χ2v) is 26.0. The smallest absolute Gasteiger partial charge is 1.00 e. The molecule has 0 unspecified atom stereocenters. The molecule has 27 heteroatoms. The Bertz CT molecular complexity index is 2840. The number of aromatic nitrogens is 9. The molecule has 0 radical (unpaired) electrons. The van der Waals surface area contributed by atoms with E-state index in [2.05, 4.69) is 61.5 Å². The SMILES string of the molecule is C1CCOC1.CC1(O)CCC(c2nnc(-c3cnc(Cl)cc3NC3COC3)s2)CC1.CC1(O)CCC(c2nnc(-c3cnc(Cl)cc3NC3COC3)s2)CC1.O=C1CCC(c2nnc(-c3cnc(Cl)cc3NC3COC3)s2)CC1.[Br-].[CH3-].[Mg+2]. The van der Waals surface area contributed by atoms with E-state index in [1.807, 2.05) is 32.0 Å². The number of hydrogen-bond donors (Lipinski definition) is 5.